The molecule has 0 spiro atoms. The summed E-state index contributed by atoms with van der Waals surface area (Å²) in [5, 5.41) is 16.3. The van der Waals surface area contributed by atoms with Crippen LogP contribution in [0, 0.1) is 11.8 Å². The highest BCUT2D eigenvalue weighted by molar-refractivity contribution is 14.0. The van der Waals surface area contributed by atoms with Gasteiger partial charge in [0.1, 0.15) is 0 Å². The summed E-state index contributed by atoms with van der Waals surface area (Å²) in [6.07, 6.45) is 4.53. The van der Waals surface area contributed by atoms with Gasteiger partial charge in [0.05, 0.1) is 12.7 Å². The largest absolute Gasteiger partial charge is 0.396 e. The fourth-order valence-corrected chi connectivity index (χ4v) is 3.59. The summed E-state index contributed by atoms with van der Waals surface area (Å²) in [6.45, 7) is 16.7. The fraction of sp³-hybridized carbons (Fsp3) is 0.952. The van der Waals surface area contributed by atoms with Crippen molar-refractivity contribution in [3.63, 3.8) is 0 Å². The van der Waals surface area contributed by atoms with Crippen molar-refractivity contribution in [1.82, 2.24) is 15.5 Å². The smallest absolute Gasteiger partial charge is 0.191 e. The van der Waals surface area contributed by atoms with Crippen LogP contribution in [-0.4, -0.2) is 74.0 Å². The van der Waals surface area contributed by atoms with Gasteiger partial charge < -0.3 is 25.4 Å². The van der Waals surface area contributed by atoms with Crippen LogP contribution in [0.2, 0.25) is 0 Å². The number of aliphatic hydroxyl groups excluding tert-OH is 1. The van der Waals surface area contributed by atoms with E-state index in [-0.39, 0.29) is 30.6 Å². The van der Waals surface area contributed by atoms with Gasteiger partial charge in [0.25, 0.3) is 0 Å². The summed E-state index contributed by atoms with van der Waals surface area (Å²) in [5.41, 5.74) is 0. The van der Waals surface area contributed by atoms with E-state index in [9.17, 15) is 5.11 Å². The average Bonchev–Trinajstić information content (AvgIpc) is 2.60. The number of rotatable bonds is 12. The summed E-state index contributed by atoms with van der Waals surface area (Å²) in [5.74, 6) is 2.01. The third-order valence-corrected chi connectivity index (χ3v) is 4.98. The Kier molecular flexibility index (Phi) is 16.6. The molecule has 0 bridgehead atoms. The van der Waals surface area contributed by atoms with Gasteiger partial charge in [0, 0.05) is 45.4 Å². The number of halogens is 1. The number of ether oxygens (including phenoxy) is 1. The van der Waals surface area contributed by atoms with E-state index >= 15 is 0 Å². The van der Waals surface area contributed by atoms with Crippen LogP contribution in [0.3, 0.4) is 0 Å². The molecule has 28 heavy (non-hydrogen) atoms. The minimum Gasteiger partial charge on any atom is -0.396 e. The van der Waals surface area contributed by atoms with Gasteiger partial charge in [0.15, 0.2) is 5.96 Å². The Morgan fingerprint density at radius 1 is 1.21 bits per heavy atom. The predicted octanol–water partition coefficient (Wildman–Crippen LogP) is 3.09. The van der Waals surface area contributed by atoms with E-state index in [1.165, 1.54) is 0 Å². The first-order valence-electron chi connectivity index (χ1n) is 10.9. The first-order valence-corrected chi connectivity index (χ1v) is 10.9. The van der Waals surface area contributed by atoms with E-state index < -0.39 is 0 Å². The SMILES string of the molecule is CCNC(=NCC(CCO)CC(C)C)NC1CCN(CCOC(C)C)CC1.I. The molecule has 0 aliphatic carbocycles. The van der Waals surface area contributed by atoms with Crippen molar-refractivity contribution in [2.75, 3.05) is 45.9 Å². The molecule has 6 nitrogen and oxygen atoms in total. The maximum absolute atomic E-state index is 9.30. The molecule has 1 atom stereocenters. The number of nitrogens with zero attached hydrogens (tertiary/aromatic N) is 2. The summed E-state index contributed by atoms with van der Waals surface area (Å²) >= 11 is 0. The van der Waals surface area contributed by atoms with Crippen LogP contribution in [-0.2, 0) is 4.74 Å². The lowest BCUT2D eigenvalue weighted by atomic mass is 9.94. The molecule has 0 aromatic heterocycles. The number of aliphatic hydroxyl groups is 1. The molecule has 0 aromatic rings. The normalized spacial score (nSPS) is 17.6. The molecule has 1 unspecified atom stereocenters. The Balaban J connectivity index is 0.00000729. The zero-order chi connectivity index (χ0) is 20.1. The van der Waals surface area contributed by atoms with E-state index in [0.29, 0.717) is 24.0 Å². The molecule has 1 aliphatic heterocycles. The predicted molar refractivity (Wildman–Crippen MR) is 130 cm³/mol. The van der Waals surface area contributed by atoms with Crippen molar-refractivity contribution < 1.29 is 9.84 Å². The van der Waals surface area contributed by atoms with Crippen molar-refractivity contribution in [2.24, 2.45) is 16.8 Å². The van der Waals surface area contributed by atoms with Crippen molar-refractivity contribution >= 4 is 29.9 Å². The van der Waals surface area contributed by atoms with E-state index in [2.05, 4.69) is 50.2 Å². The molecule has 1 rings (SSSR count). The van der Waals surface area contributed by atoms with Gasteiger partial charge in [0.2, 0.25) is 0 Å². The maximum Gasteiger partial charge on any atom is 0.191 e. The number of nitrogens with one attached hydrogen (secondary N) is 2. The summed E-state index contributed by atoms with van der Waals surface area (Å²) in [7, 11) is 0. The van der Waals surface area contributed by atoms with Crippen LogP contribution in [0.25, 0.3) is 0 Å². The summed E-state index contributed by atoms with van der Waals surface area (Å²) < 4.78 is 5.67. The number of guanidine groups is 1. The lowest BCUT2D eigenvalue weighted by Gasteiger charge is -2.33. The molecule has 3 N–H and O–H groups in total. The van der Waals surface area contributed by atoms with E-state index in [1.54, 1.807) is 0 Å². The zero-order valence-corrected chi connectivity index (χ0v) is 21.1. The highest BCUT2D eigenvalue weighted by atomic mass is 127. The van der Waals surface area contributed by atoms with Crippen LogP contribution in [0.5, 0.6) is 0 Å². The van der Waals surface area contributed by atoms with Crippen molar-refractivity contribution in [1.29, 1.82) is 0 Å². The van der Waals surface area contributed by atoms with Crippen LogP contribution in [0.4, 0.5) is 0 Å². The summed E-state index contributed by atoms with van der Waals surface area (Å²) in [4.78, 5) is 7.31. The molecular weight excluding hydrogens is 467 g/mol. The highest BCUT2D eigenvalue weighted by Crippen LogP contribution is 2.16. The first kappa shape index (κ1) is 27.9. The Morgan fingerprint density at radius 2 is 1.89 bits per heavy atom. The quantitative estimate of drug-likeness (QED) is 0.213. The molecule has 0 amide bonds. The van der Waals surface area contributed by atoms with E-state index in [1.807, 2.05) is 0 Å². The second-order valence-electron chi connectivity index (χ2n) is 8.41. The van der Waals surface area contributed by atoms with Crippen LogP contribution < -0.4 is 10.6 Å². The number of hydrogen-bond acceptors (Lipinski definition) is 4. The third-order valence-electron chi connectivity index (χ3n) is 4.98. The lowest BCUT2D eigenvalue weighted by molar-refractivity contribution is 0.0532. The molecule has 7 heteroatoms. The third kappa shape index (κ3) is 13.2. The molecule has 0 aromatic carbocycles. The van der Waals surface area contributed by atoms with Gasteiger partial charge in [-0.25, -0.2) is 0 Å². The fourth-order valence-electron chi connectivity index (χ4n) is 3.59. The number of piperidine rings is 1. The standard InChI is InChI=1S/C21H44N4O2.HI/c1-6-22-21(23-16-19(9-13-26)15-17(2)3)24-20-7-10-25(11-8-20)12-14-27-18(4)5;/h17-20,26H,6-16H2,1-5H3,(H2,22,23,24);1H. The van der Waals surface area contributed by atoms with E-state index in [0.717, 1.165) is 71.0 Å². The molecule has 0 radical (unpaired) electrons. The molecule has 0 saturated carbocycles. The Labute approximate surface area is 190 Å². The average molecular weight is 513 g/mol. The lowest BCUT2D eigenvalue weighted by Crippen LogP contribution is -2.49. The zero-order valence-electron chi connectivity index (χ0n) is 18.7. The van der Waals surface area contributed by atoms with Crippen molar-refractivity contribution in [2.45, 2.75) is 72.4 Å². The minimum absolute atomic E-state index is 0. The maximum atomic E-state index is 9.30. The second-order valence-corrected chi connectivity index (χ2v) is 8.41. The van der Waals surface area contributed by atoms with Crippen molar-refractivity contribution in [3.05, 3.63) is 0 Å². The van der Waals surface area contributed by atoms with Gasteiger partial charge >= 0.3 is 0 Å². The molecule has 168 valence electrons. The monoisotopic (exact) mass is 512 g/mol. The van der Waals surface area contributed by atoms with Gasteiger partial charge in [-0.05, 0) is 58.3 Å². The number of hydrogen-bond donors (Lipinski definition) is 3. The second kappa shape index (κ2) is 16.7. The Hall–Kier alpha value is -0.120. The molecule has 1 heterocycles. The number of aliphatic imine (C=N–C) groups is 1. The van der Waals surface area contributed by atoms with Crippen molar-refractivity contribution in [3.8, 4) is 0 Å². The molecule has 1 saturated heterocycles. The summed E-state index contributed by atoms with van der Waals surface area (Å²) in [6, 6.07) is 0.478. The van der Waals surface area contributed by atoms with Gasteiger partial charge in [-0.2, -0.15) is 0 Å². The highest BCUT2D eigenvalue weighted by Gasteiger charge is 2.20. The van der Waals surface area contributed by atoms with Crippen LogP contribution >= 0.6 is 24.0 Å². The Bertz CT molecular complexity index is 400. The molecule has 1 aliphatic rings. The Morgan fingerprint density at radius 3 is 2.43 bits per heavy atom. The van der Waals surface area contributed by atoms with Gasteiger partial charge in [-0.3, -0.25) is 4.99 Å². The topological polar surface area (TPSA) is 69.1 Å². The van der Waals surface area contributed by atoms with E-state index in [4.69, 9.17) is 9.73 Å². The number of likely N-dealkylation sites (tertiary alicyclic amines) is 1. The van der Waals surface area contributed by atoms with Crippen LogP contribution in [0.15, 0.2) is 4.99 Å². The van der Waals surface area contributed by atoms with Crippen LogP contribution in [0.1, 0.15) is 60.3 Å². The van der Waals surface area contributed by atoms with Gasteiger partial charge in [-0.1, -0.05) is 13.8 Å². The van der Waals surface area contributed by atoms with Gasteiger partial charge in [-0.15, -0.1) is 24.0 Å². The molecular formula is C21H45IN4O2. The first-order chi connectivity index (χ1) is 12.9. The minimum atomic E-state index is 0. The molecule has 1 fully saturated rings.